The minimum atomic E-state index is -0.0627. The summed E-state index contributed by atoms with van der Waals surface area (Å²) in [6, 6.07) is 13.4. The molecule has 2 N–H and O–H groups in total. The summed E-state index contributed by atoms with van der Waals surface area (Å²) in [6.07, 6.45) is 0. The van der Waals surface area contributed by atoms with Crippen molar-refractivity contribution in [2.24, 2.45) is 0 Å². The van der Waals surface area contributed by atoms with E-state index in [1.165, 1.54) is 0 Å². The number of aromatic nitrogens is 1. The summed E-state index contributed by atoms with van der Waals surface area (Å²) in [5.41, 5.74) is 3.00. The van der Waals surface area contributed by atoms with E-state index >= 15 is 0 Å². The van der Waals surface area contributed by atoms with Gasteiger partial charge in [0.25, 0.3) is 0 Å². The number of nitrogens with one attached hydrogen (secondary N) is 2. The minimum absolute atomic E-state index is 0.0627. The van der Waals surface area contributed by atoms with Crippen molar-refractivity contribution < 1.29 is 0 Å². The first-order chi connectivity index (χ1) is 8.16. The molecule has 2 aromatic rings. The van der Waals surface area contributed by atoms with Gasteiger partial charge in [-0.3, -0.25) is 4.79 Å². The molecule has 0 aliphatic carbocycles. The average Bonchev–Trinajstić information content (AvgIpc) is 2.33. The summed E-state index contributed by atoms with van der Waals surface area (Å²) in [4.78, 5) is 14.2. The highest BCUT2D eigenvalue weighted by Gasteiger charge is 2.08. The van der Waals surface area contributed by atoms with Crippen LogP contribution in [0.5, 0.6) is 0 Å². The number of H-pyrrole nitrogens is 1. The highest BCUT2D eigenvalue weighted by atomic mass is 16.1. The third-order valence-electron chi connectivity index (χ3n) is 2.76. The van der Waals surface area contributed by atoms with Gasteiger partial charge in [0.2, 0.25) is 5.56 Å². The Kier molecular flexibility index (Phi) is 3.28. The largest absolute Gasteiger partial charge is 0.377 e. The van der Waals surface area contributed by atoms with Crippen molar-refractivity contribution in [3.63, 3.8) is 0 Å². The molecule has 1 atom stereocenters. The van der Waals surface area contributed by atoms with Crippen molar-refractivity contribution in [3.05, 3.63) is 64.1 Å². The molecule has 0 fully saturated rings. The van der Waals surface area contributed by atoms with Crippen LogP contribution < -0.4 is 10.9 Å². The molecule has 0 spiro atoms. The quantitative estimate of drug-likeness (QED) is 0.848. The van der Waals surface area contributed by atoms with Crippen LogP contribution in [0.2, 0.25) is 0 Å². The maximum Gasteiger partial charge on any atom is 0.248 e. The Hall–Kier alpha value is -2.03. The van der Waals surface area contributed by atoms with Gasteiger partial charge in [-0.15, -0.1) is 0 Å². The molecule has 0 aliphatic rings. The molecule has 0 amide bonds. The average molecular weight is 228 g/mol. The molecule has 2 rings (SSSR count). The fourth-order valence-corrected chi connectivity index (χ4v) is 1.87. The van der Waals surface area contributed by atoms with E-state index in [0.29, 0.717) is 0 Å². The number of aromatic amines is 1. The van der Waals surface area contributed by atoms with E-state index in [0.717, 1.165) is 16.9 Å². The Morgan fingerprint density at radius 2 is 1.82 bits per heavy atom. The van der Waals surface area contributed by atoms with Gasteiger partial charge in [0.15, 0.2) is 0 Å². The smallest absolute Gasteiger partial charge is 0.248 e. The van der Waals surface area contributed by atoms with Crippen LogP contribution in [-0.2, 0) is 0 Å². The molecule has 0 bridgehead atoms. The van der Waals surface area contributed by atoms with Gasteiger partial charge in [-0.1, -0.05) is 24.3 Å². The number of hydrogen-bond donors (Lipinski definition) is 2. The van der Waals surface area contributed by atoms with Gasteiger partial charge in [0, 0.05) is 17.4 Å². The SMILES string of the molecule is Cc1ccc(=O)[nH]c1C(C)Nc1ccccc1. The van der Waals surface area contributed by atoms with Crippen molar-refractivity contribution in [1.82, 2.24) is 4.98 Å². The summed E-state index contributed by atoms with van der Waals surface area (Å²) in [5.74, 6) is 0. The Labute approximate surface area is 101 Å². The Morgan fingerprint density at radius 3 is 2.53 bits per heavy atom. The topological polar surface area (TPSA) is 44.9 Å². The van der Waals surface area contributed by atoms with Gasteiger partial charge >= 0.3 is 0 Å². The predicted molar refractivity (Wildman–Crippen MR) is 70.3 cm³/mol. The van der Waals surface area contributed by atoms with E-state index in [-0.39, 0.29) is 11.6 Å². The number of aryl methyl sites for hydroxylation is 1. The van der Waals surface area contributed by atoms with Crippen LogP contribution in [0.4, 0.5) is 5.69 Å². The molecule has 0 saturated carbocycles. The van der Waals surface area contributed by atoms with E-state index in [9.17, 15) is 4.79 Å². The molecular formula is C14H16N2O. The third kappa shape index (κ3) is 2.75. The van der Waals surface area contributed by atoms with Crippen LogP contribution in [0, 0.1) is 6.92 Å². The molecule has 1 heterocycles. The second-order valence-corrected chi connectivity index (χ2v) is 4.15. The fraction of sp³-hybridized carbons (Fsp3) is 0.214. The predicted octanol–water partition coefficient (Wildman–Crippen LogP) is 2.86. The van der Waals surface area contributed by atoms with Crippen molar-refractivity contribution in [2.45, 2.75) is 19.9 Å². The molecule has 88 valence electrons. The van der Waals surface area contributed by atoms with E-state index in [1.807, 2.05) is 50.2 Å². The summed E-state index contributed by atoms with van der Waals surface area (Å²) in [7, 11) is 0. The van der Waals surface area contributed by atoms with Gasteiger partial charge in [0.1, 0.15) is 0 Å². The Balaban J connectivity index is 2.23. The zero-order valence-corrected chi connectivity index (χ0v) is 10.0. The number of rotatable bonds is 3. The maximum absolute atomic E-state index is 11.3. The first kappa shape index (κ1) is 11.5. The lowest BCUT2D eigenvalue weighted by Gasteiger charge is -2.17. The van der Waals surface area contributed by atoms with Crippen molar-refractivity contribution in [2.75, 3.05) is 5.32 Å². The zero-order chi connectivity index (χ0) is 12.3. The number of anilines is 1. The maximum atomic E-state index is 11.3. The molecule has 3 nitrogen and oxygen atoms in total. The van der Waals surface area contributed by atoms with Gasteiger partial charge in [-0.25, -0.2) is 0 Å². The van der Waals surface area contributed by atoms with Crippen molar-refractivity contribution in [1.29, 1.82) is 0 Å². The highest BCUT2D eigenvalue weighted by Crippen LogP contribution is 2.18. The number of hydrogen-bond acceptors (Lipinski definition) is 2. The fourth-order valence-electron chi connectivity index (χ4n) is 1.87. The van der Waals surface area contributed by atoms with Crippen molar-refractivity contribution in [3.8, 4) is 0 Å². The highest BCUT2D eigenvalue weighted by molar-refractivity contribution is 5.44. The van der Waals surface area contributed by atoms with Crippen LogP contribution in [0.25, 0.3) is 0 Å². The molecule has 1 aromatic carbocycles. The van der Waals surface area contributed by atoms with Gasteiger partial charge in [0.05, 0.1) is 6.04 Å². The second kappa shape index (κ2) is 4.87. The zero-order valence-electron chi connectivity index (χ0n) is 10.0. The molecular weight excluding hydrogens is 212 g/mol. The Bertz CT molecular complexity index is 546. The normalized spacial score (nSPS) is 12.1. The van der Waals surface area contributed by atoms with E-state index in [2.05, 4.69) is 10.3 Å². The third-order valence-corrected chi connectivity index (χ3v) is 2.76. The lowest BCUT2D eigenvalue weighted by Crippen LogP contribution is -2.15. The van der Waals surface area contributed by atoms with E-state index < -0.39 is 0 Å². The van der Waals surface area contributed by atoms with Crippen LogP contribution in [0.3, 0.4) is 0 Å². The number of benzene rings is 1. The van der Waals surface area contributed by atoms with Crippen LogP contribution in [0.1, 0.15) is 24.2 Å². The summed E-state index contributed by atoms with van der Waals surface area (Å²) < 4.78 is 0. The molecule has 0 saturated heterocycles. The molecule has 1 aromatic heterocycles. The molecule has 0 radical (unpaired) electrons. The monoisotopic (exact) mass is 228 g/mol. The summed E-state index contributed by atoms with van der Waals surface area (Å²) in [5, 5.41) is 3.36. The second-order valence-electron chi connectivity index (χ2n) is 4.15. The van der Waals surface area contributed by atoms with E-state index in [1.54, 1.807) is 6.07 Å². The first-order valence-electron chi connectivity index (χ1n) is 5.68. The Morgan fingerprint density at radius 1 is 1.12 bits per heavy atom. The minimum Gasteiger partial charge on any atom is -0.377 e. The first-order valence-corrected chi connectivity index (χ1v) is 5.68. The molecule has 3 heteroatoms. The molecule has 17 heavy (non-hydrogen) atoms. The van der Waals surface area contributed by atoms with Gasteiger partial charge < -0.3 is 10.3 Å². The lowest BCUT2D eigenvalue weighted by atomic mass is 10.1. The molecule has 0 aliphatic heterocycles. The van der Waals surface area contributed by atoms with Crippen molar-refractivity contribution >= 4 is 5.69 Å². The van der Waals surface area contributed by atoms with E-state index in [4.69, 9.17) is 0 Å². The van der Waals surface area contributed by atoms with Crippen LogP contribution in [0.15, 0.2) is 47.3 Å². The van der Waals surface area contributed by atoms with Gasteiger partial charge in [-0.2, -0.15) is 0 Å². The molecule has 1 unspecified atom stereocenters. The van der Waals surface area contributed by atoms with Crippen LogP contribution in [-0.4, -0.2) is 4.98 Å². The number of pyridine rings is 1. The van der Waals surface area contributed by atoms with Gasteiger partial charge in [-0.05, 0) is 31.5 Å². The van der Waals surface area contributed by atoms with Crippen LogP contribution >= 0.6 is 0 Å². The lowest BCUT2D eigenvalue weighted by molar-refractivity contribution is 0.820. The number of para-hydroxylation sites is 1. The summed E-state index contributed by atoms with van der Waals surface area (Å²) >= 11 is 0. The summed E-state index contributed by atoms with van der Waals surface area (Å²) in [6.45, 7) is 4.03. The standard InChI is InChI=1S/C14H16N2O/c1-10-8-9-13(17)16-14(10)11(2)15-12-6-4-3-5-7-12/h3-9,11,15H,1-2H3,(H,16,17).